The molecule has 0 N–H and O–H groups in total. The van der Waals surface area contributed by atoms with Gasteiger partial charge in [-0.15, -0.1) is 0 Å². The smallest absolute Gasteiger partial charge is 2.00 e. The Morgan fingerprint density at radius 2 is 1.00 bits per heavy atom. The molecule has 0 spiro atoms. The molecule has 31 valence electrons. The summed E-state index contributed by atoms with van der Waals surface area (Å²) in [6, 6.07) is 0. The molecule has 0 atom stereocenters. The van der Waals surface area contributed by atoms with Crippen LogP contribution < -0.4 is 0 Å². The molecule has 0 aromatic rings. The molecule has 1 radical (unpaired) electrons. The summed E-state index contributed by atoms with van der Waals surface area (Å²) in [6.07, 6.45) is 0. The minimum Gasteiger partial charge on any atom is -2.00 e. The van der Waals surface area contributed by atoms with E-state index in [-0.39, 0.29) is 56.1 Å². The molecular formula is FeMnNiO. The van der Waals surface area contributed by atoms with Crippen LogP contribution in [0.2, 0.25) is 0 Å². The third kappa shape index (κ3) is 9.74. The zero-order valence-electron chi connectivity index (χ0n) is 1.46. The largest absolute Gasteiger partial charge is 2.00 e. The normalized spacial score (nSPS) is 0. The minimum atomic E-state index is 0. The molecule has 0 aliphatic rings. The second kappa shape index (κ2) is 24.6. The van der Waals surface area contributed by atoms with Gasteiger partial charge < -0.3 is 5.48 Å². The van der Waals surface area contributed by atoms with Gasteiger partial charge in [0.15, 0.2) is 0 Å². The predicted molar refractivity (Wildman–Crippen MR) is 0.686 cm³/mol. The molecule has 0 fully saturated rings. The fraction of sp³-hybridized carbons (Fsp3) is 0. The van der Waals surface area contributed by atoms with Gasteiger partial charge in [-0.05, 0) is 0 Å². The van der Waals surface area contributed by atoms with Gasteiger partial charge in [0.25, 0.3) is 0 Å². The fourth-order valence-electron chi connectivity index (χ4n) is 0. The summed E-state index contributed by atoms with van der Waals surface area (Å²) in [5.41, 5.74) is 0. The Morgan fingerprint density at radius 1 is 1.00 bits per heavy atom. The van der Waals surface area contributed by atoms with Crippen molar-refractivity contribution in [1.82, 2.24) is 0 Å². The predicted octanol–water partition coefficient (Wildman–Crippen LogP) is -0.126. The van der Waals surface area contributed by atoms with Crippen LogP contribution in [0, 0.1) is 0 Å². The average Bonchev–Trinajstić information content (AvgIpc) is 0. The van der Waals surface area contributed by atoms with Crippen LogP contribution in [0.15, 0.2) is 0 Å². The van der Waals surface area contributed by atoms with Crippen LogP contribution in [0.5, 0.6) is 0 Å². The first kappa shape index (κ1) is 49.8. The van der Waals surface area contributed by atoms with Gasteiger partial charge in [0, 0.05) is 33.6 Å². The standard InChI is InChI=1S/Fe.Mn.Ni.O/q;+2;;-2. The molecule has 0 aliphatic heterocycles. The van der Waals surface area contributed by atoms with Gasteiger partial charge >= 0.3 is 17.1 Å². The van der Waals surface area contributed by atoms with Crippen molar-refractivity contribution in [2.75, 3.05) is 0 Å². The average molecular weight is 185 g/mol. The van der Waals surface area contributed by atoms with E-state index in [0.29, 0.717) is 0 Å². The van der Waals surface area contributed by atoms with E-state index >= 15 is 0 Å². The maximum atomic E-state index is 0. The Balaban J connectivity index is 0. The van der Waals surface area contributed by atoms with E-state index in [0.717, 1.165) is 0 Å². The maximum Gasteiger partial charge on any atom is 2.00 e. The van der Waals surface area contributed by atoms with E-state index in [1.807, 2.05) is 0 Å². The molecule has 0 aliphatic carbocycles. The molecule has 0 saturated carbocycles. The van der Waals surface area contributed by atoms with E-state index < -0.39 is 0 Å². The van der Waals surface area contributed by atoms with Crippen molar-refractivity contribution in [3.05, 3.63) is 0 Å². The van der Waals surface area contributed by atoms with Gasteiger partial charge in [0.2, 0.25) is 0 Å². The number of rotatable bonds is 0. The Bertz CT molecular complexity index is 8.00. The maximum absolute atomic E-state index is 0. The molecule has 4 heavy (non-hydrogen) atoms. The summed E-state index contributed by atoms with van der Waals surface area (Å²) in [5.74, 6) is 0. The van der Waals surface area contributed by atoms with E-state index in [4.69, 9.17) is 0 Å². The van der Waals surface area contributed by atoms with Crippen molar-refractivity contribution >= 4 is 0 Å². The molecule has 0 saturated heterocycles. The summed E-state index contributed by atoms with van der Waals surface area (Å²) in [5, 5.41) is 0. The topological polar surface area (TPSA) is 28.5 Å². The molecule has 0 amide bonds. The molecule has 0 unspecified atom stereocenters. The van der Waals surface area contributed by atoms with Gasteiger partial charge in [-0.25, -0.2) is 0 Å². The van der Waals surface area contributed by atoms with Crippen LogP contribution in [0.25, 0.3) is 0 Å². The van der Waals surface area contributed by atoms with Crippen LogP contribution in [0.1, 0.15) is 0 Å². The van der Waals surface area contributed by atoms with Crippen molar-refractivity contribution in [2.24, 2.45) is 0 Å². The summed E-state index contributed by atoms with van der Waals surface area (Å²) in [7, 11) is 0. The monoisotopic (exact) mass is 185 g/mol. The molecule has 0 aromatic carbocycles. The summed E-state index contributed by atoms with van der Waals surface area (Å²) >= 11 is 0. The Kier molecular flexibility index (Phi) is 306. The van der Waals surface area contributed by atoms with Gasteiger partial charge in [-0.3, -0.25) is 0 Å². The van der Waals surface area contributed by atoms with Crippen LogP contribution in [0.3, 0.4) is 0 Å². The van der Waals surface area contributed by atoms with Crippen LogP contribution in [0.4, 0.5) is 0 Å². The van der Waals surface area contributed by atoms with E-state index in [9.17, 15) is 0 Å². The van der Waals surface area contributed by atoms with Crippen molar-refractivity contribution in [2.45, 2.75) is 0 Å². The molecule has 4 heteroatoms. The first-order chi connectivity index (χ1) is 0. The molecule has 1 nitrogen and oxygen atoms in total. The van der Waals surface area contributed by atoms with Gasteiger partial charge in [-0.2, -0.15) is 0 Å². The van der Waals surface area contributed by atoms with Crippen molar-refractivity contribution in [1.29, 1.82) is 0 Å². The summed E-state index contributed by atoms with van der Waals surface area (Å²) in [4.78, 5) is 0. The third-order valence-electron chi connectivity index (χ3n) is 0. The van der Waals surface area contributed by atoms with E-state index in [2.05, 4.69) is 0 Å². The van der Waals surface area contributed by atoms with Crippen molar-refractivity contribution in [3.63, 3.8) is 0 Å². The zero-order chi connectivity index (χ0) is 0. The Morgan fingerprint density at radius 3 is 1.00 bits per heavy atom. The van der Waals surface area contributed by atoms with Crippen LogP contribution in [-0.4, -0.2) is 0 Å². The van der Waals surface area contributed by atoms with Gasteiger partial charge in [0.05, 0.1) is 0 Å². The fourth-order valence-corrected chi connectivity index (χ4v) is 0. The van der Waals surface area contributed by atoms with E-state index in [1.54, 1.807) is 0 Å². The molecular weight excluding hydrogens is 185 g/mol. The number of hydrogen-bond donors (Lipinski definition) is 0. The first-order valence-electron chi connectivity index (χ1n) is 0. The molecule has 0 bridgehead atoms. The van der Waals surface area contributed by atoms with Gasteiger partial charge in [0.1, 0.15) is 0 Å². The van der Waals surface area contributed by atoms with Crippen LogP contribution >= 0.6 is 0 Å². The Hall–Kier alpha value is 1.49. The first-order valence-corrected chi connectivity index (χ1v) is 0. The van der Waals surface area contributed by atoms with Crippen molar-refractivity contribution < 1.29 is 56.1 Å². The zero-order valence-corrected chi connectivity index (χ0v) is 4.73. The molecule has 0 heterocycles. The SMILES string of the molecule is [Fe].[Mn+2].[Ni].[O-2]. The van der Waals surface area contributed by atoms with E-state index in [1.165, 1.54) is 0 Å². The number of hydrogen-bond acceptors (Lipinski definition) is 0. The summed E-state index contributed by atoms with van der Waals surface area (Å²) in [6.45, 7) is 0. The van der Waals surface area contributed by atoms with Crippen LogP contribution in [-0.2, 0) is 56.1 Å². The third-order valence-corrected chi connectivity index (χ3v) is 0. The van der Waals surface area contributed by atoms with Gasteiger partial charge in [-0.1, -0.05) is 0 Å². The summed E-state index contributed by atoms with van der Waals surface area (Å²) < 4.78 is 0. The quantitative estimate of drug-likeness (QED) is 0.471. The molecule has 0 rings (SSSR count). The molecule has 0 aromatic heterocycles. The minimum absolute atomic E-state index is 0. The second-order valence-corrected chi connectivity index (χ2v) is 0. The Labute approximate surface area is 56.1 Å². The second-order valence-electron chi connectivity index (χ2n) is 0. The van der Waals surface area contributed by atoms with Crippen molar-refractivity contribution in [3.8, 4) is 0 Å².